The third-order valence-corrected chi connectivity index (χ3v) is 4.17. The molecule has 0 heterocycles. The highest BCUT2D eigenvalue weighted by Gasteiger charge is 2.17. The average molecular weight is 377 g/mol. The van der Waals surface area contributed by atoms with Crippen molar-refractivity contribution in [1.82, 2.24) is 0 Å². The lowest BCUT2D eigenvalue weighted by Gasteiger charge is -2.08. The van der Waals surface area contributed by atoms with Crippen LogP contribution in [0, 0.1) is 10.1 Å². The molecule has 0 saturated carbocycles. The number of benzene rings is 2. The van der Waals surface area contributed by atoms with Crippen LogP contribution in [-0.4, -0.2) is 16.2 Å². The van der Waals surface area contributed by atoms with E-state index in [0.29, 0.717) is 10.4 Å². The highest BCUT2D eigenvalue weighted by Crippen LogP contribution is 2.32. The van der Waals surface area contributed by atoms with Crippen molar-refractivity contribution >= 4 is 33.5 Å². The van der Waals surface area contributed by atoms with Crippen LogP contribution in [0.4, 0.5) is 11.4 Å². The lowest BCUT2D eigenvalue weighted by Crippen LogP contribution is -1.92. The summed E-state index contributed by atoms with van der Waals surface area (Å²) in [6, 6.07) is 10.7. The molecule has 2 aromatic rings. The summed E-state index contributed by atoms with van der Waals surface area (Å²) in [6.07, 6.45) is 2.49. The van der Waals surface area contributed by atoms with E-state index in [4.69, 9.17) is 0 Å². The molecule has 6 heteroatoms. The van der Waals surface area contributed by atoms with Crippen LogP contribution in [0.25, 0.3) is 0 Å². The zero-order valence-corrected chi connectivity index (χ0v) is 14.4. The Morgan fingerprint density at radius 1 is 1.35 bits per heavy atom. The molecule has 0 bridgehead atoms. The van der Waals surface area contributed by atoms with Crippen molar-refractivity contribution in [3.63, 3.8) is 0 Å². The van der Waals surface area contributed by atoms with Crippen molar-refractivity contribution < 1.29 is 10.0 Å². The van der Waals surface area contributed by atoms with Crippen LogP contribution < -0.4 is 0 Å². The minimum atomic E-state index is -0.627. The first kappa shape index (κ1) is 17.1. The summed E-state index contributed by atoms with van der Waals surface area (Å²) in [5.74, 6) is 0.1000. The van der Waals surface area contributed by atoms with E-state index in [1.807, 2.05) is 24.3 Å². The number of nitro benzene ring substituents is 1. The summed E-state index contributed by atoms with van der Waals surface area (Å²) >= 11 is 3.20. The Hall–Kier alpha value is -2.21. The van der Waals surface area contributed by atoms with Crippen molar-refractivity contribution in [2.75, 3.05) is 0 Å². The second-order valence-electron chi connectivity index (χ2n) is 5.28. The topological polar surface area (TPSA) is 75.7 Å². The molecule has 0 spiro atoms. The number of halogens is 1. The lowest BCUT2D eigenvalue weighted by molar-refractivity contribution is -0.385. The molecule has 23 heavy (non-hydrogen) atoms. The molecule has 0 aromatic heterocycles. The number of rotatable bonds is 5. The molecule has 0 unspecified atom stereocenters. The van der Waals surface area contributed by atoms with Crippen LogP contribution in [0.1, 0.15) is 37.3 Å². The van der Waals surface area contributed by atoms with Crippen LogP contribution in [0.3, 0.4) is 0 Å². The molecular weight excluding hydrogens is 360 g/mol. The summed E-state index contributed by atoms with van der Waals surface area (Å²) in [5.41, 5.74) is 1.90. The van der Waals surface area contributed by atoms with Crippen LogP contribution in [0.5, 0.6) is 5.75 Å². The minimum absolute atomic E-state index is 0.289. The monoisotopic (exact) mass is 376 g/mol. The zero-order valence-electron chi connectivity index (χ0n) is 12.9. The molecular formula is C17H17BrN2O3. The van der Waals surface area contributed by atoms with E-state index in [9.17, 15) is 15.2 Å². The first-order valence-electron chi connectivity index (χ1n) is 7.23. The SMILES string of the molecule is CC[C@H](C)c1ccc(N=Cc2cc(Br)cc([N+](=O)[O-])c2O)cc1. The van der Waals surface area contributed by atoms with Gasteiger partial charge in [0.25, 0.3) is 0 Å². The number of hydrogen-bond donors (Lipinski definition) is 1. The molecule has 0 amide bonds. The van der Waals surface area contributed by atoms with Crippen LogP contribution in [0.15, 0.2) is 45.9 Å². The highest BCUT2D eigenvalue weighted by molar-refractivity contribution is 9.10. The summed E-state index contributed by atoms with van der Waals surface area (Å²) in [6.45, 7) is 4.30. The standard InChI is InChI=1S/C17H17BrN2O3/c1-3-11(2)12-4-6-15(7-5-12)19-10-13-8-14(18)9-16(17(13)21)20(22)23/h4-11,21H,3H2,1-2H3/t11-/m0/s1. The van der Waals surface area contributed by atoms with E-state index < -0.39 is 10.7 Å². The normalized spacial score (nSPS) is 12.5. The predicted molar refractivity (Wildman–Crippen MR) is 94.9 cm³/mol. The third kappa shape index (κ3) is 4.16. The van der Waals surface area contributed by atoms with Gasteiger partial charge in [0, 0.05) is 22.3 Å². The third-order valence-electron chi connectivity index (χ3n) is 3.71. The molecule has 0 aliphatic carbocycles. The van der Waals surface area contributed by atoms with Gasteiger partial charge in [-0.1, -0.05) is 41.9 Å². The highest BCUT2D eigenvalue weighted by atomic mass is 79.9. The minimum Gasteiger partial charge on any atom is -0.502 e. The van der Waals surface area contributed by atoms with Gasteiger partial charge in [0.15, 0.2) is 0 Å². The molecule has 0 fully saturated rings. The maximum Gasteiger partial charge on any atom is 0.312 e. The second-order valence-corrected chi connectivity index (χ2v) is 6.19. The quantitative estimate of drug-likeness (QED) is 0.435. The van der Waals surface area contributed by atoms with Crippen LogP contribution in [0.2, 0.25) is 0 Å². The Kier molecular flexibility index (Phi) is 5.50. The van der Waals surface area contributed by atoms with Gasteiger partial charge < -0.3 is 5.11 Å². The number of phenolic OH excluding ortho intramolecular Hbond substituents is 1. The molecule has 0 radical (unpaired) electrons. The first-order valence-corrected chi connectivity index (χ1v) is 8.02. The smallest absolute Gasteiger partial charge is 0.312 e. The van der Waals surface area contributed by atoms with Gasteiger partial charge in [0.1, 0.15) is 0 Å². The molecule has 1 atom stereocenters. The van der Waals surface area contributed by atoms with Crippen LogP contribution >= 0.6 is 15.9 Å². The van der Waals surface area contributed by atoms with Gasteiger partial charge in [0.05, 0.1) is 10.6 Å². The van der Waals surface area contributed by atoms with Gasteiger partial charge >= 0.3 is 5.69 Å². The van der Waals surface area contributed by atoms with Crippen molar-refractivity contribution in [1.29, 1.82) is 0 Å². The fourth-order valence-electron chi connectivity index (χ4n) is 2.11. The summed E-state index contributed by atoms with van der Waals surface area (Å²) in [7, 11) is 0. The summed E-state index contributed by atoms with van der Waals surface area (Å²) in [4.78, 5) is 14.6. The van der Waals surface area contributed by atoms with Crippen LogP contribution in [-0.2, 0) is 0 Å². The zero-order chi connectivity index (χ0) is 17.0. The van der Waals surface area contributed by atoms with E-state index in [1.165, 1.54) is 17.8 Å². The largest absolute Gasteiger partial charge is 0.502 e. The van der Waals surface area contributed by atoms with E-state index >= 15 is 0 Å². The number of phenols is 1. The Bertz CT molecular complexity index is 742. The summed E-state index contributed by atoms with van der Waals surface area (Å²) < 4.78 is 0.510. The Morgan fingerprint density at radius 2 is 2.00 bits per heavy atom. The van der Waals surface area contributed by atoms with Crippen molar-refractivity contribution in [2.24, 2.45) is 4.99 Å². The average Bonchev–Trinajstić information content (AvgIpc) is 2.54. The van der Waals surface area contributed by atoms with Crippen molar-refractivity contribution in [3.8, 4) is 5.75 Å². The van der Waals surface area contributed by atoms with Crippen molar-refractivity contribution in [3.05, 3.63) is 62.1 Å². The fraction of sp³-hybridized carbons (Fsp3) is 0.235. The van der Waals surface area contributed by atoms with E-state index in [2.05, 4.69) is 34.8 Å². The summed E-state index contributed by atoms with van der Waals surface area (Å²) in [5, 5.41) is 20.9. The molecule has 2 rings (SSSR count). The number of hydrogen-bond acceptors (Lipinski definition) is 4. The van der Waals surface area contributed by atoms with E-state index in [1.54, 1.807) is 6.07 Å². The maximum atomic E-state index is 10.9. The first-order chi connectivity index (χ1) is 10.9. The lowest BCUT2D eigenvalue weighted by atomic mass is 9.99. The number of nitrogens with zero attached hydrogens (tertiary/aromatic N) is 2. The number of aromatic hydroxyl groups is 1. The van der Waals surface area contributed by atoms with Crippen molar-refractivity contribution in [2.45, 2.75) is 26.2 Å². The molecule has 120 valence electrons. The van der Waals surface area contributed by atoms with Gasteiger partial charge in [-0.15, -0.1) is 0 Å². The fourth-order valence-corrected chi connectivity index (χ4v) is 2.58. The molecule has 1 N–H and O–H groups in total. The second kappa shape index (κ2) is 7.37. The van der Waals surface area contributed by atoms with Gasteiger partial charge in [-0.3, -0.25) is 15.1 Å². The van der Waals surface area contributed by atoms with Gasteiger partial charge in [-0.2, -0.15) is 0 Å². The molecule has 5 nitrogen and oxygen atoms in total. The Balaban J connectivity index is 2.28. The maximum absolute atomic E-state index is 10.9. The molecule has 2 aromatic carbocycles. The Labute approximate surface area is 143 Å². The Morgan fingerprint density at radius 3 is 2.57 bits per heavy atom. The molecule has 0 saturated heterocycles. The van der Waals surface area contributed by atoms with Gasteiger partial charge in [-0.25, -0.2) is 0 Å². The van der Waals surface area contributed by atoms with E-state index in [0.717, 1.165) is 12.1 Å². The number of nitro groups is 1. The number of aliphatic imine (C=N–C) groups is 1. The van der Waals surface area contributed by atoms with Gasteiger partial charge in [0.2, 0.25) is 5.75 Å². The van der Waals surface area contributed by atoms with Gasteiger partial charge in [-0.05, 0) is 36.1 Å². The predicted octanol–water partition coefficient (Wildman–Crippen LogP) is 5.33. The molecule has 0 aliphatic heterocycles. The van der Waals surface area contributed by atoms with E-state index in [-0.39, 0.29) is 11.3 Å². The molecule has 0 aliphatic rings.